The third-order valence-corrected chi connectivity index (χ3v) is 5.53. The van der Waals surface area contributed by atoms with Gasteiger partial charge in [-0.2, -0.15) is 0 Å². The van der Waals surface area contributed by atoms with Crippen LogP contribution in [0.25, 0.3) is 0 Å². The topological polar surface area (TPSA) is 66.4 Å². The van der Waals surface area contributed by atoms with Crippen LogP contribution in [0.15, 0.2) is 29.2 Å². The van der Waals surface area contributed by atoms with E-state index in [0.29, 0.717) is 9.75 Å². The molecule has 20 heavy (non-hydrogen) atoms. The van der Waals surface area contributed by atoms with E-state index in [1.54, 1.807) is 6.92 Å². The molecule has 108 valence electrons. The fourth-order valence-electron chi connectivity index (χ4n) is 1.64. The quantitative estimate of drug-likeness (QED) is 0.902. The SMILES string of the molecule is Cc1sc(CO)cc1S(=O)(=O)Nc1cc(F)ccc1Cl. The lowest BCUT2D eigenvalue weighted by Gasteiger charge is -2.09. The van der Waals surface area contributed by atoms with Crippen molar-refractivity contribution in [3.05, 3.63) is 44.9 Å². The average Bonchev–Trinajstić information content (AvgIpc) is 2.76. The first-order valence-corrected chi connectivity index (χ1v) is 8.19. The summed E-state index contributed by atoms with van der Waals surface area (Å²) in [7, 11) is -3.87. The van der Waals surface area contributed by atoms with Gasteiger partial charge in [0.15, 0.2) is 0 Å². The Kier molecular flexibility index (Phi) is 4.33. The minimum atomic E-state index is -3.87. The van der Waals surface area contributed by atoms with Gasteiger partial charge in [0.2, 0.25) is 0 Å². The first kappa shape index (κ1) is 15.2. The van der Waals surface area contributed by atoms with Crippen LogP contribution in [0.5, 0.6) is 0 Å². The lowest BCUT2D eigenvalue weighted by Crippen LogP contribution is -2.13. The number of rotatable bonds is 4. The molecule has 0 aliphatic rings. The van der Waals surface area contributed by atoms with Crippen molar-refractivity contribution in [2.45, 2.75) is 18.4 Å². The number of hydrogen-bond acceptors (Lipinski definition) is 4. The van der Waals surface area contributed by atoms with Crippen LogP contribution in [-0.2, 0) is 16.6 Å². The highest BCUT2D eigenvalue weighted by molar-refractivity contribution is 7.93. The van der Waals surface area contributed by atoms with Crippen molar-refractivity contribution in [1.82, 2.24) is 0 Å². The van der Waals surface area contributed by atoms with E-state index < -0.39 is 15.8 Å². The normalized spacial score (nSPS) is 11.6. The third kappa shape index (κ3) is 3.12. The Bertz CT molecular complexity index is 743. The monoisotopic (exact) mass is 335 g/mol. The van der Waals surface area contributed by atoms with Crippen LogP contribution >= 0.6 is 22.9 Å². The minimum absolute atomic E-state index is 0.0252. The Balaban J connectivity index is 2.40. The average molecular weight is 336 g/mol. The van der Waals surface area contributed by atoms with Crippen LogP contribution in [0.3, 0.4) is 0 Å². The van der Waals surface area contributed by atoms with Crippen LogP contribution in [0, 0.1) is 12.7 Å². The molecule has 0 aliphatic heterocycles. The number of aliphatic hydroxyl groups is 1. The Morgan fingerprint density at radius 1 is 1.40 bits per heavy atom. The molecule has 0 saturated carbocycles. The molecule has 0 radical (unpaired) electrons. The Hall–Kier alpha value is -1.15. The second-order valence-electron chi connectivity index (χ2n) is 4.02. The van der Waals surface area contributed by atoms with E-state index >= 15 is 0 Å². The molecule has 1 aromatic carbocycles. The van der Waals surface area contributed by atoms with Crippen molar-refractivity contribution in [3.8, 4) is 0 Å². The molecule has 0 bridgehead atoms. The van der Waals surface area contributed by atoms with Gasteiger partial charge < -0.3 is 5.11 Å². The van der Waals surface area contributed by atoms with Crippen LogP contribution in [-0.4, -0.2) is 13.5 Å². The molecule has 0 saturated heterocycles. The van der Waals surface area contributed by atoms with E-state index in [4.69, 9.17) is 16.7 Å². The number of halogens is 2. The van der Waals surface area contributed by atoms with Gasteiger partial charge in [0.1, 0.15) is 10.7 Å². The van der Waals surface area contributed by atoms with Crippen LogP contribution in [0.2, 0.25) is 5.02 Å². The van der Waals surface area contributed by atoms with Gasteiger partial charge in [0.05, 0.1) is 17.3 Å². The fraction of sp³-hybridized carbons (Fsp3) is 0.167. The zero-order valence-corrected chi connectivity index (χ0v) is 12.7. The molecule has 0 aliphatic carbocycles. The molecular formula is C12H11ClFNO3S2. The smallest absolute Gasteiger partial charge is 0.263 e. The van der Waals surface area contributed by atoms with E-state index in [0.717, 1.165) is 12.1 Å². The van der Waals surface area contributed by atoms with Crippen molar-refractivity contribution in [1.29, 1.82) is 0 Å². The van der Waals surface area contributed by atoms with Crippen molar-refractivity contribution in [3.63, 3.8) is 0 Å². The molecule has 0 fully saturated rings. The Morgan fingerprint density at radius 2 is 2.10 bits per heavy atom. The van der Waals surface area contributed by atoms with Crippen molar-refractivity contribution in [2.75, 3.05) is 4.72 Å². The summed E-state index contributed by atoms with van der Waals surface area (Å²) in [5.74, 6) is -0.592. The van der Waals surface area contributed by atoms with Crippen LogP contribution < -0.4 is 4.72 Å². The standard InChI is InChI=1S/C12H11ClFNO3S2/c1-7-12(5-9(6-16)19-7)20(17,18)15-11-4-8(14)2-3-10(11)13/h2-5,15-16H,6H2,1H3. The predicted octanol–water partition coefficient (Wildman–Crippen LogP) is 3.14. The molecule has 2 aromatic rings. The molecule has 8 heteroatoms. The largest absolute Gasteiger partial charge is 0.391 e. The van der Waals surface area contributed by atoms with Crippen molar-refractivity contribution < 1.29 is 17.9 Å². The summed E-state index contributed by atoms with van der Waals surface area (Å²) in [4.78, 5) is 1.12. The van der Waals surface area contributed by atoms with E-state index in [-0.39, 0.29) is 22.2 Å². The van der Waals surface area contributed by atoms with Crippen LogP contribution in [0.4, 0.5) is 10.1 Å². The van der Waals surface area contributed by atoms with Gasteiger partial charge >= 0.3 is 0 Å². The van der Waals surface area contributed by atoms with Gasteiger partial charge in [0, 0.05) is 9.75 Å². The lowest BCUT2D eigenvalue weighted by molar-refractivity contribution is 0.285. The van der Waals surface area contributed by atoms with E-state index in [2.05, 4.69) is 4.72 Å². The molecule has 4 nitrogen and oxygen atoms in total. The molecule has 0 unspecified atom stereocenters. The summed E-state index contributed by atoms with van der Waals surface area (Å²) in [6.07, 6.45) is 0. The number of benzene rings is 1. The van der Waals surface area contributed by atoms with Gasteiger partial charge in [-0.25, -0.2) is 12.8 Å². The molecular weight excluding hydrogens is 325 g/mol. The molecule has 1 aromatic heterocycles. The van der Waals surface area contributed by atoms with Gasteiger partial charge in [-0.05, 0) is 31.2 Å². The fourth-order valence-corrected chi connectivity index (χ4v) is 4.43. The number of hydrogen-bond donors (Lipinski definition) is 2. The summed E-state index contributed by atoms with van der Waals surface area (Å²) < 4.78 is 39.9. The zero-order valence-electron chi connectivity index (χ0n) is 10.4. The molecule has 2 N–H and O–H groups in total. The van der Waals surface area contributed by atoms with Crippen molar-refractivity contribution in [2.24, 2.45) is 0 Å². The summed E-state index contributed by atoms with van der Waals surface area (Å²) >= 11 is 7.01. The highest BCUT2D eigenvalue weighted by Gasteiger charge is 2.21. The molecule has 0 atom stereocenters. The minimum Gasteiger partial charge on any atom is -0.391 e. The summed E-state index contributed by atoms with van der Waals surface area (Å²) in [5.41, 5.74) is -0.0252. The maximum atomic E-state index is 13.1. The van der Waals surface area contributed by atoms with Gasteiger partial charge in [-0.1, -0.05) is 11.6 Å². The zero-order chi connectivity index (χ0) is 14.9. The highest BCUT2D eigenvalue weighted by atomic mass is 35.5. The number of sulfonamides is 1. The number of nitrogens with one attached hydrogen (secondary N) is 1. The first-order chi connectivity index (χ1) is 9.33. The summed E-state index contributed by atoms with van der Waals surface area (Å²) in [5, 5.41) is 9.14. The highest BCUT2D eigenvalue weighted by Crippen LogP contribution is 2.30. The second-order valence-corrected chi connectivity index (χ2v) is 7.42. The maximum Gasteiger partial charge on any atom is 0.263 e. The molecule has 0 spiro atoms. The van der Waals surface area contributed by atoms with Gasteiger partial charge in [-0.15, -0.1) is 11.3 Å². The summed E-state index contributed by atoms with van der Waals surface area (Å²) in [6, 6.07) is 4.80. The van der Waals surface area contributed by atoms with E-state index in [1.165, 1.54) is 23.5 Å². The van der Waals surface area contributed by atoms with E-state index in [9.17, 15) is 12.8 Å². The van der Waals surface area contributed by atoms with Crippen molar-refractivity contribution >= 4 is 38.6 Å². The van der Waals surface area contributed by atoms with Gasteiger partial charge in [-0.3, -0.25) is 4.72 Å². The Labute approximate surface area is 124 Å². The maximum absolute atomic E-state index is 13.1. The molecule has 1 heterocycles. The first-order valence-electron chi connectivity index (χ1n) is 5.51. The van der Waals surface area contributed by atoms with E-state index in [1.807, 2.05) is 0 Å². The second kappa shape index (κ2) is 5.69. The number of aryl methyl sites for hydroxylation is 1. The predicted molar refractivity (Wildman–Crippen MR) is 77.2 cm³/mol. The Morgan fingerprint density at radius 3 is 2.70 bits per heavy atom. The number of anilines is 1. The number of aliphatic hydroxyl groups excluding tert-OH is 1. The van der Waals surface area contributed by atoms with Crippen LogP contribution in [0.1, 0.15) is 9.75 Å². The lowest BCUT2D eigenvalue weighted by atomic mass is 10.3. The van der Waals surface area contributed by atoms with Gasteiger partial charge in [0.25, 0.3) is 10.0 Å². The summed E-state index contributed by atoms with van der Waals surface area (Å²) in [6.45, 7) is 1.40. The molecule has 0 amide bonds. The third-order valence-electron chi connectivity index (χ3n) is 2.54. The molecule has 2 rings (SSSR count). The number of thiophene rings is 1.